The Labute approximate surface area is 138 Å². The molecule has 0 saturated heterocycles. The number of rotatable bonds is 5. The number of benzene rings is 1. The van der Waals surface area contributed by atoms with Crippen molar-refractivity contribution < 1.29 is 4.79 Å². The third-order valence-corrected chi connectivity index (χ3v) is 4.33. The van der Waals surface area contributed by atoms with Crippen LogP contribution in [0.2, 0.25) is 0 Å². The highest BCUT2D eigenvalue weighted by molar-refractivity contribution is 9.10. The van der Waals surface area contributed by atoms with Gasteiger partial charge in [0.1, 0.15) is 0 Å². The Balaban J connectivity index is 2.28. The second-order valence-corrected chi connectivity index (χ2v) is 6.34. The Morgan fingerprint density at radius 2 is 2.00 bits per heavy atom. The van der Waals surface area contributed by atoms with Gasteiger partial charge in [0.2, 0.25) is 5.91 Å². The highest BCUT2D eigenvalue weighted by Gasteiger charge is 2.20. The van der Waals surface area contributed by atoms with Gasteiger partial charge in [-0.15, -0.1) is 0 Å². The molecule has 6 heteroatoms. The maximum Gasteiger partial charge on any atom is 0.229 e. The third-order valence-electron chi connectivity index (χ3n) is 3.80. The summed E-state index contributed by atoms with van der Waals surface area (Å²) in [5.74, 6) is 0.203. The minimum absolute atomic E-state index is 0.112. The summed E-state index contributed by atoms with van der Waals surface area (Å²) in [5, 5.41) is 10.2. The number of hydrogen-bond acceptors (Lipinski definition) is 3. The molecule has 1 heterocycles. The molecule has 5 nitrogen and oxygen atoms in total. The summed E-state index contributed by atoms with van der Waals surface area (Å²) in [6, 6.07) is 7.77. The lowest BCUT2D eigenvalue weighted by molar-refractivity contribution is -0.119. The number of nitrogens with one attached hydrogen (secondary N) is 2. The van der Waals surface area contributed by atoms with Gasteiger partial charge in [0.25, 0.3) is 0 Å². The van der Waals surface area contributed by atoms with E-state index in [0.717, 1.165) is 27.7 Å². The van der Waals surface area contributed by atoms with E-state index in [2.05, 4.69) is 31.4 Å². The second kappa shape index (κ2) is 7.07. The molecule has 0 radical (unpaired) electrons. The lowest BCUT2D eigenvalue weighted by Crippen LogP contribution is -2.34. The Kier molecular flexibility index (Phi) is 5.37. The van der Waals surface area contributed by atoms with Crippen LogP contribution >= 0.6 is 15.9 Å². The van der Waals surface area contributed by atoms with E-state index in [1.54, 1.807) is 0 Å². The van der Waals surface area contributed by atoms with Gasteiger partial charge in [0.15, 0.2) is 5.82 Å². The van der Waals surface area contributed by atoms with Crippen molar-refractivity contribution in [3.63, 3.8) is 0 Å². The smallest absolute Gasteiger partial charge is 0.229 e. The van der Waals surface area contributed by atoms with Crippen molar-refractivity contribution >= 4 is 27.7 Å². The molecule has 1 aromatic carbocycles. The molecule has 0 saturated carbocycles. The highest BCUT2D eigenvalue weighted by atomic mass is 79.9. The molecule has 0 fully saturated rings. The van der Waals surface area contributed by atoms with Crippen molar-refractivity contribution in [2.45, 2.75) is 33.2 Å². The summed E-state index contributed by atoms with van der Waals surface area (Å²) in [5.41, 5.74) is 8.74. The summed E-state index contributed by atoms with van der Waals surface area (Å²) < 4.78 is 1.02. The van der Waals surface area contributed by atoms with Crippen LogP contribution in [-0.4, -0.2) is 22.1 Å². The molecule has 1 amide bonds. The number of nitrogens with zero attached hydrogens (tertiary/aromatic N) is 1. The first-order valence-corrected chi connectivity index (χ1v) is 8.13. The van der Waals surface area contributed by atoms with E-state index in [1.165, 1.54) is 0 Å². The third kappa shape index (κ3) is 3.56. The summed E-state index contributed by atoms with van der Waals surface area (Å²) in [6.07, 6.45) is 0.768. The van der Waals surface area contributed by atoms with E-state index < -0.39 is 0 Å². The topological polar surface area (TPSA) is 83.8 Å². The maximum atomic E-state index is 12.2. The van der Waals surface area contributed by atoms with Gasteiger partial charge >= 0.3 is 0 Å². The average Bonchev–Trinajstić information content (AvgIpc) is 2.89. The van der Waals surface area contributed by atoms with Gasteiger partial charge in [-0.05, 0) is 31.0 Å². The maximum absolute atomic E-state index is 12.2. The lowest BCUT2D eigenvalue weighted by Gasteiger charge is -2.14. The van der Waals surface area contributed by atoms with Gasteiger partial charge in [0, 0.05) is 16.1 Å². The lowest BCUT2D eigenvalue weighted by atomic mass is 10.0. The molecule has 0 aliphatic heterocycles. The number of aromatic nitrogens is 2. The number of H-pyrrole nitrogens is 1. The SMILES string of the molecule is CCc1c(NC(=O)C(C)C(C)N)n[nH]c1-c1ccc(Br)cc1. The molecule has 2 rings (SSSR count). The quantitative estimate of drug-likeness (QED) is 0.760. The molecule has 2 aromatic rings. The van der Waals surface area contributed by atoms with E-state index in [9.17, 15) is 4.79 Å². The number of nitrogens with two attached hydrogens (primary N) is 1. The van der Waals surface area contributed by atoms with Crippen LogP contribution in [-0.2, 0) is 11.2 Å². The van der Waals surface area contributed by atoms with Crippen molar-refractivity contribution in [2.24, 2.45) is 11.7 Å². The molecule has 2 unspecified atom stereocenters. The number of halogens is 1. The molecule has 4 N–H and O–H groups in total. The van der Waals surface area contributed by atoms with Gasteiger partial charge < -0.3 is 11.1 Å². The number of carbonyl (C=O) groups is 1. The fourth-order valence-electron chi connectivity index (χ4n) is 2.14. The van der Waals surface area contributed by atoms with Crippen molar-refractivity contribution in [2.75, 3.05) is 5.32 Å². The van der Waals surface area contributed by atoms with E-state index in [1.807, 2.05) is 45.0 Å². The first-order chi connectivity index (χ1) is 10.4. The normalized spacial score (nSPS) is 13.7. The largest absolute Gasteiger partial charge is 0.327 e. The zero-order chi connectivity index (χ0) is 16.3. The second-order valence-electron chi connectivity index (χ2n) is 5.42. The molecule has 2 atom stereocenters. The fourth-order valence-corrected chi connectivity index (χ4v) is 2.40. The Morgan fingerprint density at radius 3 is 2.55 bits per heavy atom. The molecular formula is C16H21BrN4O. The van der Waals surface area contributed by atoms with Crippen LogP contribution in [0.15, 0.2) is 28.7 Å². The van der Waals surface area contributed by atoms with Gasteiger partial charge in [-0.25, -0.2) is 0 Å². The predicted molar refractivity (Wildman–Crippen MR) is 92.5 cm³/mol. The average molecular weight is 365 g/mol. The number of amides is 1. The molecule has 0 aliphatic rings. The monoisotopic (exact) mass is 364 g/mol. The first kappa shape index (κ1) is 16.7. The van der Waals surface area contributed by atoms with Gasteiger partial charge in [-0.1, -0.05) is 41.9 Å². The summed E-state index contributed by atoms with van der Waals surface area (Å²) in [4.78, 5) is 12.2. The van der Waals surface area contributed by atoms with Crippen LogP contribution < -0.4 is 11.1 Å². The molecule has 0 aliphatic carbocycles. The molecule has 1 aromatic heterocycles. The van der Waals surface area contributed by atoms with Crippen LogP contribution in [0.4, 0.5) is 5.82 Å². The Hall–Kier alpha value is -1.66. The number of aromatic amines is 1. The minimum atomic E-state index is -0.266. The van der Waals surface area contributed by atoms with Crippen LogP contribution in [0.1, 0.15) is 26.3 Å². The molecule has 22 heavy (non-hydrogen) atoms. The van der Waals surface area contributed by atoms with E-state index in [4.69, 9.17) is 5.73 Å². The Morgan fingerprint density at radius 1 is 1.36 bits per heavy atom. The van der Waals surface area contributed by atoms with Crippen LogP contribution in [0, 0.1) is 5.92 Å². The van der Waals surface area contributed by atoms with Crippen LogP contribution in [0.3, 0.4) is 0 Å². The first-order valence-electron chi connectivity index (χ1n) is 7.33. The van der Waals surface area contributed by atoms with Crippen molar-refractivity contribution in [1.29, 1.82) is 0 Å². The number of hydrogen-bond donors (Lipinski definition) is 3. The van der Waals surface area contributed by atoms with Crippen molar-refractivity contribution in [1.82, 2.24) is 10.2 Å². The molecule has 0 bridgehead atoms. The van der Waals surface area contributed by atoms with Crippen LogP contribution in [0.5, 0.6) is 0 Å². The summed E-state index contributed by atoms with van der Waals surface area (Å²) >= 11 is 3.43. The van der Waals surface area contributed by atoms with E-state index in [-0.39, 0.29) is 17.9 Å². The highest BCUT2D eigenvalue weighted by Crippen LogP contribution is 2.28. The van der Waals surface area contributed by atoms with Crippen LogP contribution in [0.25, 0.3) is 11.3 Å². The Bertz CT molecular complexity index is 649. The number of carbonyl (C=O) groups excluding carboxylic acids is 1. The molecular weight excluding hydrogens is 344 g/mol. The van der Waals surface area contributed by atoms with Crippen molar-refractivity contribution in [3.05, 3.63) is 34.3 Å². The van der Waals surface area contributed by atoms with Gasteiger partial charge in [0.05, 0.1) is 11.6 Å². The summed E-state index contributed by atoms with van der Waals surface area (Å²) in [6.45, 7) is 5.68. The van der Waals surface area contributed by atoms with E-state index in [0.29, 0.717) is 5.82 Å². The summed E-state index contributed by atoms with van der Waals surface area (Å²) in [7, 11) is 0. The zero-order valence-electron chi connectivity index (χ0n) is 13.0. The molecule has 118 valence electrons. The van der Waals surface area contributed by atoms with Gasteiger partial charge in [-0.3, -0.25) is 9.89 Å². The standard InChI is InChI=1S/C16H21BrN4O/c1-4-13-14(11-5-7-12(17)8-6-11)20-21-15(13)19-16(22)9(2)10(3)18/h5-10H,4,18H2,1-3H3,(H2,19,20,21,22). The van der Waals surface area contributed by atoms with Crippen molar-refractivity contribution in [3.8, 4) is 11.3 Å². The van der Waals surface area contributed by atoms with Gasteiger partial charge in [-0.2, -0.15) is 5.10 Å². The fraction of sp³-hybridized carbons (Fsp3) is 0.375. The minimum Gasteiger partial charge on any atom is -0.327 e. The predicted octanol–water partition coefficient (Wildman–Crippen LogP) is 3.32. The zero-order valence-corrected chi connectivity index (χ0v) is 14.6. The number of anilines is 1. The van der Waals surface area contributed by atoms with E-state index >= 15 is 0 Å². The molecule has 0 spiro atoms.